The zero-order chi connectivity index (χ0) is 26.2. The fourth-order valence-electron chi connectivity index (χ4n) is 4.75. The molecule has 2 aromatic heterocycles. The average molecular weight is 545 g/mol. The molecule has 2 aliphatic rings. The van der Waals surface area contributed by atoms with Crippen molar-refractivity contribution >= 4 is 46.3 Å². The molecule has 1 aliphatic heterocycles. The molecule has 0 radical (unpaired) electrons. The number of amides is 1. The van der Waals surface area contributed by atoms with Crippen LogP contribution in [-0.4, -0.2) is 50.2 Å². The molecule has 1 aliphatic carbocycles. The van der Waals surface area contributed by atoms with Gasteiger partial charge in [0.1, 0.15) is 0 Å². The Kier molecular flexibility index (Phi) is 6.69. The molecule has 0 bridgehead atoms. The van der Waals surface area contributed by atoms with Gasteiger partial charge in [0.2, 0.25) is 5.91 Å². The minimum Gasteiger partial charge on any atom is -0.376 e. The van der Waals surface area contributed by atoms with Crippen LogP contribution in [0.15, 0.2) is 65.1 Å². The van der Waals surface area contributed by atoms with E-state index < -0.39 is 5.25 Å². The van der Waals surface area contributed by atoms with E-state index in [9.17, 15) is 14.4 Å². The summed E-state index contributed by atoms with van der Waals surface area (Å²) in [5.74, 6) is 0.110. The van der Waals surface area contributed by atoms with E-state index in [0.29, 0.717) is 39.6 Å². The van der Waals surface area contributed by atoms with Gasteiger partial charge in [0.15, 0.2) is 22.5 Å². The van der Waals surface area contributed by atoms with Crippen LogP contribution in [0.25, 0.3) is 10.7 Å². The van der Waals surface area contributed by atoms with E-state index >= 15 is 0 Å². The fourth-order valence-corrected chi connectivity index (χ4v) is 6.33. The number of aromatic nitrogens is 3. The largest absolute Gasteiger partial charge is 0.376 e. The third-order valence-electron chi connectivity index (χ3n) is 6.71. The van der Waals surface area contributed by atoms with Crippen LogP contribution in [0.2, 0.25) is 0 Å². The van der Waals surface area contributed by atoms with Crippen molar-refractivity contribution in [1.29, 1.82) is 0 Å². The Bertz CT molecular complexity index is 1540. The number of carbonyl (C=O) groups excluding carboxylic acids is 3. The fraction of sp³-hybridized carbons (Fsp3) is 0.250. The minimum absolute atomic E-state index is 0.0917. The van der Waals surface area contributed by atoms with Gasteiger partial charge in [-0.15, -0.1) is 21.5 Å². The van der Waals surface area contributed by atoms with Crippen LogP contribution in [0.5, 0.6) is 0 Å². The molecular weight excluding hydrogens is 520 g/mol. The topological polar surface area (TPSA) is 103 Å². The Morgan fingerprint density at radius 3 is 2.55 bits per heavy atom. The summed E-state index contributed by atoms with van der Waals surface area (Å²) in [4.78, 5) is 40.1. The highest BCUT2D eigenvalue weighted by molar-refractivity contribution is 8.00. The van der Waals surface area contributed by atoms with Gasteiger partial charge in [-0.3, -0.25) is 19.0 Å². The molecule has 1 amide bonds. The van der Waals surface area contributed by atoms with Crippen molar-refractivity contribution in [1.82, 2.24) is 14.8 Å². The zero-order valence-electron chi connectivity index (χ0n) is 20.5. The molecule has 8 nitrogen and oxygen atoms in total. The van der Waals surface area contributed by atoms with Crippen molar-refractivity contribution in [3.05, 3.63) is 82.2 Å². The Hall–Kier alpha value is -3.60. The Balaban J connectivity index is 1.20. The third kappa shape index (κ3) is 4.59. The van der Waals surface area contributed by atoms with Gasteiger partial charge in [0.05, 0.1) is 22.8 Å². The van der Waals surface area contributed by atoms with E-state index in [1.165, 1.54) is 11.8 Å². The second kappa shape index (κ2) is 10.3. The first-order valence-corrected chi connectivity index (χ1v) is 14.1. The van der Waals surface area contributed by atoms with Crippen molar-refractivity contribution in [3.8, 4) is 10.7 Å². The second-order valence-electron chi connectivity index (χ2n) is 9.24. The van der Waals surface area contributed by atoms with Crippen LogP contribution in [0, 0.1) is 0 Å². The summed E-state index contributed by atoms with van der Waals surface area (Å²) in [6.45, 7) is 3.18. The van der Waals surface area contributed by atoms with Gasteiger partial charge in [-0.2, -0.15) is 0 Å². The minimum atomic E-state index is -0.493. The molecule has 1 saturated heterocycles. The predicted molar refractivity (Wildman–Crippen MR) is 146 cm³/mol. The number of thioether (sulfide) groups is 1. The van der Waals surface area contributed by atoms with E-state index in [2.05, 4.69) is 15.5 Å². The number of anilines is 1. The molecule has 1 fully saturated rings. The van der Waals surface area contributed by atoms with E-state index in [4.69, 9.17) is 4.74 Å². The van der Waals surface area contributed by atoms with Gasteiger partial charge >= 0.3 is 0 Å². The lowest BCUT2D eigenvalue weighted by molar-refractivity contribution is -0.115. The van der Waals surface area contributed by atoms with Gasteiger partial charge in [-0.25, -0.2) is 0 Å². The molecule has 6 rings (SSSR count). The summed E-state index contributed by atoms with van der Waals surface area (Å²) in [6.07, 6.45) is 2.10. The second-order valence-corrected chi connectivity index (χ2v) is 11.5. The maximum absolute atomic E-state index is 13.2. The first kappa shape index (κ1) is 24.7. The van der Waals surface area contributed by atoms with Gasteiger partial charge in [0, 0.05) is 34.5 Å². The van der Waals surface area contributed by atoms with Gasteiger partial charge in [0.25, 0.3) is 0 Å². The lowest BCUT2D eigenvalue weighted by Crippen LogP contribution is -2.25. The molecule has 0 saturated carbocycles. The molecule has 192 valence electrons. The third-order valence-corrected chi connectivity index (χ3v) is 8.66. The molecule has 1 N–H and O–H groups in total. The summed E-state index contributed by atoms with van der Waals surface area (Å²) in [5, 5.41) is 13.9. The number of hydrogen-bond donors (Lipinski definition) is 1. The number of thiophene rings is 1. The zero-order valence-corrected chi connectivity index (χ0v) is 22.2. The molecule has 3 heterocycles. The molecular formula is C28H24N4O4S2. The molecule has 2 aromatic carbocycles. The number of rotatable bonds is 7. The number of nitrogens with one attached hydrogen (secondary N) is 1. The van der Waals surface area contributed by atoms with E-state index in [0.717, 1.165) is 30.2 Å². The Labute approximate surface area is 227 Å². The van der Waals surface area contributed by atoms with Crippen molar-refractivity contribution in [2.45, 2.75) is 42.8 Å². The highest BCUT2D eigenvalue weighted by atomic mass is 32.2. The molecule has 10 heteroatoms. The predicted octanol–water partition coefficient (Wildman–Crippen LogP) is 5.08. The van der Waals surface area contributed by atoms with E-state index in [1.807, 2.05) is 22.1 Å². The monoisotopic (exact) mass is 544 g/mol. The van der Waals surface area contributed by atoms with Crippen LogP contribution < -0.4 is 5.32 Å². The normalized spacial score (nSPS) is 17.2. The standard InChI is InChI=1S/C28H24N4O4S2/c1-16(38-28-31-30-26(23-9-5-13-37-23)32(28)15-18-6-4-12-36-18)27(35)29-17-10-11-21-22(14-17)25(34)20-8-3-2-7-19(20)24(21)33/h2-3,5,7-11,13-14,16,18H,4,6,12,15H2,1H3,(H,29,35)/t16-,18+/m0/s1. The summed E-state index contributed by atoms with van der Waals surface area (Å²) in [5.41, 5.74) is 1.88. The number of benzene rings is 2. The SMILES string of the molecule is C[C@H](Sc1nnc(-c2cccs2)n1C[C@H]1CCCO1)C(=O)Nc1ccc2c(c1)C(=O)c1ccccc1C2=O. The smallest absolute Gasteiger partial charge is 0.237 e. The first-order chi connectivity index (χ1) is 18.5. The number of fused-ring (bicyclic) bond motifs is 2. The van der Waals surface area contributed by atoms with Crippen LogP contribution in [0.1, 0.15) is 51.6 Å². The Morgan fingerprint density at radius 1 is 1.08 bits per heavy atom. The number of ketones is 2. The first-order valence-electron chi connectivity index (χ1n) is 12.4. The Morgan fingerprint density at radius 2 is 1.84 bits per heavy atom. The van der Waals surface area contributed by atoms with Crippen molar-refractivity contribution < 1.29 is 19.1 Å². The number of ether oxygens (including phenoxy) is 1. The average Bonchev–Trinajstić information content (AvgIpc) is 3.71. The van der Waals surface area contributed by atoms with Gasteiger partial charge in [-0.1, -0.05) is 42.1 Å². The maximum atomic E-state index is 13.2. The number of nitrogens with zero attached hydrogens (tertiary/aromatic N) is 3. The number of carbonyl (C=O) groups is 3. The van der Waals surface area contributed by atoms with Gasteiger partial charge in [-0.05, 0) is 49.4 Å². The van der Waals surface area contributed by atoms with E-state index in [1.54, 1.807) is 60.7 Å². The molecule has 0 unspecified atom stereocenters. The van der Waals surface area contributed by atoms with E-state index in [-0.39, 0.29) is 23.6 Å². The van der Waals surface area contributed by atoms with Crippen LogP contribution >= 0.6 is 23.1 Å². The van der Waals surface area contributed by atoms with Crippen molar-refractivity contribution in [2.75, 3.05) is 11.9 Å². The van der Waals surface area contributed by atoms with Crippen LogP contribution in [-0.2, 0) is 16.1 Å². The molecule has 2 atom stereocenters. The quantitative estimate of drug-likeness (QED) is 0.285. The summed E-state index contributed by atoms with van der Waals surface area (Å²) >= 11 is 2.92. The summed E-state index contributed by atoms with van der Waals surface area (Å²) in [6, 6.07) is 15.6. The van der Waals surface area contributed by atoms with Crippen molar-refractivity contribution in [2.24, 2.45) is 0 Å². The molecule has 0 spiro atoms. The molecule has 38 heavy (non-hydrogen) atoms. The number of hydrogen-bond acceptors (Lipinski definition) is 8. The highest BCUT2D eigenvalue weighted by Gasteiger charge is 2.30. The van der Waals surface area contributed by atoms with Crippen LogP contribution in [0.3, 0.4) is 0 Å². The van der Waals surface area contributed by atoms with Gasteiger partial charge < -0.3 is 10.1 Å². The van der Waals surface area contributed by atoms with Crippen LogP contribution in [0.4, 0.5) is 5.69 Å². The lowest BCUT2D eigenvalue weighted by atomic mass is 9.84. The maximum Gasteiger partial charge on any atom is 0.237 e. The summed E-state index contributed by atoms with van der Waals surface area (Å²) in [7, 11) is 0. The molecule has 4 aromatic rings. The van der Waals surface area contributed by atoms with Crippen molar-refractivity contribution in [3.63, 3.8) is 0 Å². The highest BCUT2D eigenvalue weighted by Crippen LogP contribution is 2.32. The summed E-state index contributed by atoms with van der Waals surface area (Å²) < 4.78 is 7.89. The lowest BCUT2D eigenvalue weighted by Gasteiger charge is -2.19.